The van der Waals surface area contributed by atoms with E-state index in [1.165, 1.54) is 0 Å². The minimum absolute atomic E-state index is 0. The maximum absolute atomic E-state index is 9.72. The van der Waals surface area contributed by atoms with Crippen LogP contribution in [0.1, 0.15) is 0 Å². The van der Waals surface area contributed by atoms with Gasteiger partial charge in [-0.2, -0.15) is 0 Å². The maximum atomic E-state index is 9.72. The van der Waals surface area contributed by atoms with Gasteiger partial charge in [-0.3, -0.25) is 0 Å². The van der Waals surface area contributed by atoms with Crippen molar-refractivity contribution in [3.05, 3.63) is 0 Å². The second-order valence-corrected chi connectivity index (χ2v) is 13.9. The Morgan fingerprint density at radius 1 is 1.12 bits per heavy atom. The van der Waals surface area contributed by atoms with Crippen molar-refractivity contribution in [1.29, 1.82) is 0 Å². The molecular formula is AsNa3OS3. The van der Waals surface area contributed by atoms with E-state index in [9.17, 15) is 4.10 Å². The third-order valence-electron chi connectivity index (χ3n) is 0. The normalized spacial score (nSPS) is 7.38. The first-order chi connectivity index (χ1) is 2.00. The van der Waals surface area contributed by atoms with Crippen molar-refractivity contribution in [3.8, 4) is 0 Å². The van der Waals surface area contributed by atoms with E-state index in [2.05, 4.69) is 32.2 Å². The standard InChI is InChI=1S/AsH3OS3.3Na/c2-1(3,4)5;;;/h(H3,2,3,4,5);;;/q;3*+1/p-3. The Kier molecular flexibility index (Phi) is 32.7. The quantitative estimate of drug-likeness (QED) is 0.317. The molecule has 0 aromatic heterocycles. The van der Waals surface area contributed by atoms with Crippen LogP contribution in [0.4, 0.5) is 0 Å². The van der Waals surface area contributed by atoms with Crippen LogP contribution in [0.25, 0.3) is 0 Å². The summed E-state index contributed by atoms with van der Waals surface area (Å²) in [4.78, 5) is 0. The van der Waals surface area contributed by atoms with Crippen LogP contribution in [-0.2, 0) is 21.8 Å². The van der Waals surface area contributed by atoms with Gasteiger partial charge in [-0.15, -0.1) is 0 Å². The van der Waals surface area contributed by atoms with Gasteiger partial charge in [0.1, 0.15) is 0 Å². The average molecular weight is 256 g/mol. The fourth-order valence-electron chi connectivity index (χ4n) is 0. The van der Waals surface area contributed by atoms with Gasteiger partial charge in [-0.05, 0) is 0 Å². The molecule has 0 aliphatic heterocycles. The van der Waals surface area contributed by atoms with Gasteiger partial charge in [0.05, 0.1) is 0 Å². The Morgan fingerprint density at radius 2 is 1.12 bits per heavy atom. The van der Waals surface area contributed by atoms with E-state index in [1.54, 1.807) is 0 Å². The molecule has 0 rings (SSSR count). The number of hydrogen-bond acceptors (Lipinski definition) is 4. The van der Waals surface area contributed by atoms with Gasteiger partial charge < -0.3 is 0 Å². The summed E-state index contributed by atoms with van der Waals surface area (Å²) in [7, 11) is 8.84. The van der Waals surface area contributed by atoms with Crippen molar-refractivity contribution < 1.29 is 92.8 Å². The molecule has 0 saturated heterocycles. The molecule has 0 unspecified atom stereocenters. The van der Waals surface area contributed by atoms with Crippen LogP contribution in [0.3, 0.4) is 0 Å². The predicted octanol–water partition coefficient (Wildman–Crippen LogP) is -9.91. The third kappa shape index (κ3) is 47.2. The first kappa shape index (κ1) is 22.9. The van der Waals surface area contributed by atoms with E-state index in [0.717, 1.165) is 0 Å². The van der Waals surface area contributed by atoms with Crippen molar-refractivity contribution in [2.45, 2.75) is 0 Å². The second-order valence-electron chi connectivity index (χ2n) is 0.447. The van der Waals surface area contributed by atoms with E-state index in [1.807, 2.05) is 0 Å². The van der Waals surface area contributed by atoms with E-state index in [0.29, 0.717) is 0 Å². The average Bonchev–Trinajstić information content (AvgIpc) is 0.722. The third-order valence-corrected chi connectivity index (χ3v) is 0. The van der Waals surface area contributed by atoms with Crippen LogP contribution < -0.4 is 92.8 Å². The Labute approximate surface area is 131 Å². The molecule has 0 atom stereocenters. The van der Waals surface area contributed by atoms with Crippen LogP contribution in [0, 0.1) is 0 Å². The molecule has 32 valence electrons. The van der Waals surface area contributed by atoms with Crippen molar-refractivity contribution in [2.75, 3.05) is 0 Å². The Bertz CT molecular complexity index is 60.7. The summed E-state index contributed by atoms with van der Waals surface area (Å²) in [5, 5.41) is 0. The summed E-state index contributed by atoms with van der Waals surface area (Å²) < 4.78 is 9.72. The molecule has 0 amide bonds. The summed E-state index contributed by atoms with van der Waals surface area (Å²) in [5.41, 5.74) is 0. The molecular weight excluding hydrogens is 256 g/mol. The summed E-state index contributed by atoms with van der Waals surface area (Å²) in [6, 6.07) is 0. The van der Waals surface area contributed by atoms with Gasteiger partial charge in [0, 0.05) is 0 Å². The van der Waals surface area contributed by atoms with Gasteiger partial charge in [-0.25, -0.2) is 0 Å². The van der Waals surface area contributed by atoms with Crippen molar-refractivity contribution in [1.82, 2.24) is 0 Å². The van der Waals surface area contributed by atoms with Gasteiger partial charge in [0.25, 0.3) is 0 Å². The number of hydrogen-bond donors (Lipinski definition) is 0. The number of rotatable bonds is 0. The predicted molar refractivity (Wildman–Crippen MR) is 28.1 cm³/mol. The van der Waals surface area contributed by atoms with Gasteiger partial charge >= 0.3 is 135 Å². The van der Waals surface area contributed by atoms with E-state index in [4.69, 9.17) is 0 Å². The first-order valence-corrected chi connectivity index (χ1v) is 9.49. The molecule has 0 aliphatic carbocycles. The van der Waals surface area contributed by atoms with Crippen molar-refractivity contribution >= 4 is 42.1 Å². The Morgan fingerprint density at radius 3 is 1.12 bits per heavy atom. The Balaban J connectivity index is -0.0000000267. The summed E-state index contributed by atoms with van der Waals surface area (Å²) in [6.07, 6.45) is 0. The van der Waals surface area contributed by atoms with Crippen LogP contribution in [0.15, 0.2) is 0 Å². The molecule has 0 heterocycles. The Hall–Kier alpha value is 4.44. The van der Waals surface area contributed by atoms with Crippen LogP contribution in [0.5, 0.6) is 0 Å². The monoisotopic (exact) mass is 256 g/mol. The van der Waals surface area contributed by atoms with Crippen LogP contribution in [0.2, 0.25) is 0 Å². The zero-order valence-corrected chi connectivity index (χ0v) is 15.4. The van der Waals surface area contributed by atoms with E-state index >= 15 is 0 Å². The second kappa shape index (κ2) is 11.4. The SMILES string of the molecule is [Na+].[Na+].[Na+].[O-][As](=S)([S-])[S-]. The van der Waals surface area contributed by atoms with Gasteiger partial charge in [0.2, 0.25) is 0 Å². The molecule has 0 bridgehead atoms. The molecule has 0 saturated carbocycles. The fraction of sp³-hybridized carbons (Fsp3) is 0. The van der Waals surface area contributed by atoms with Gasteiger partial charge in [-0.1, -0.05) is 0 Å². The molecule has 8 heteroatoms. The van der Waals surface area contributed by atoms with E-state index in [-0.39, 0.29) is 88.7 Å². The molecule has 0 N–H and O–H groups in total. The van der Waals surface area contributed by atoms with E-state index < -0.39 is 9.91 Å². The molecule has 0 aromatic carbocycles. The fourth-order valence-corrected chi connectivity index (χ4v) is 0. The molecule has 1 nitrogen and oxygen atoms in total. The zero-order valence-electron chi connectivity index (χ0n) is 5.08. The molecule has 0 aliphatic rings. The summed E-state index contributed by atoms with van der Waals surface area (Å²) in [5.74, 6) is 0. The molecule has 8 heavy (non-hydrogen) atoms. The summed E-state index contributed by atoms with van der Waals surface area (Å²) in [6.45, 7) is 0. The molecule has 0 aromatic rings. The van der Waals surface area contributed by atoms with Crippen LogP contribution in [-0.4, -0.2) is 9.91 Å². The van der Waals surface area contributed by atoms with Crippen molar-refractivity contribution in [2.24, 2.45) is 0 Å². The zero-order chi connectivity index (χ0) is 4.50. The minimum atomic E-state index is -3.37. The van der Waals surface area contributed by atoms with Gasteiger partial charge in [0.15, 0.2) is 0 Å². The summed E-state index contributed by atoms with van der Waals surface area (Å²) >= 11 is 0. The van der Waals surface area contributed by atoms with Crippen LogP contribution >= 0.6 is 10.4 Å². The first-order valence-electron chi connectivity index (χ1n) is 0.730. The molecule has 0 fully saturated rings. The molecule has 0 radical (unpaired) electrons. The topological polar surface area (TPSA) is 23.1 Å². The van der Waals surface area contributed by atoms with Crippen molar-refractivity contribution in [3.63, 3.8) is 0 Å². The molecule has 0 spiro atoms.